The van der Waals surface area contributed by atoms with Gasteiger partial charge in [0.2, 0.25) is 0 Å². The second kappa shape index (κ2) is 6.99. The van der Waals surface area contributed by atoms with Gasteiger partial charge in [0.05, 0.1) is 11.3 Å². The number of hydrogen-bond donors (Lipinski definition) is 1. The molecular weight excluding hydrogens is 226 g/mol. The molecule has 1 aromatic rings. The summed E-state index contributed by atoms with van der Waals surface area (Å²) in [5.41, 5.74) is 1.50. The van der Waals surface area contributed by atoms with E-state index in [1.54, 1.807) is 17.3 Å². The fraction of sp³-hybridized carbons (Fsp3) is 0.571. The quantitative estimate of drug-likeness (QED) is 0.843. The average molecular weight is 249 g/mol. The molecule has 0 aliphatic rings. The molecule has 0 bridgehead atoms. The van der Waals surface area contributed by atoms with Gasteiger partial charge in [-0.25, -0.2) is 0 Å². The van der Waals surface area contributed by atoms with Crippen molar-refractivity contribution in [2.75, 3.05) is 25.5 Å². The van der Waals surface area contributed by atoms with Crippen molar-refractivity contribution in [1.82, 2.24) is 9.88 Å². The third kappa shape index (κ3) is 3.72. The fourth-order valence-electron chi connectivity index (χ4n) is 1.79. The lowest BCUT2D eigenvalue weighted by Crippen LogP contribution is -2.31. The zero-order valence-corrected chi connectivity index (χ0v) is 11.7. The molecule has 0 radical (unpaired) electrons. The summed E-state index contributed by atoms with van der Waals surface area (Å²) in [5, 5.41) is 3.19. The molecule has 1 N–H and O–H groups in total. The largest absolute Gasteiger partial charge is 0.385 e. The summed E-state index contributed by atoms with van der Waals surface area (Å²) in [7, 11) is 1.84. The van der Waals surface area contributed by atoms with Crippen LogP contribution in [0, 0.1) is 5.92 Å². The number of anilines is 1. The zero-order valence-electron chi connectivity index (χ0n) is 11.7. The van der Waals surface area contributed by atoms with Gasteiger partial charge in [0, 0.05) is 32.5 Å². The Balaban J connectivity index is 2.82. The number of pyridine rings is 1. The summed E-state index contributed by atoms with van der Waals surface area (Å²) in [6, 6.07) is 1.84. The van der Waals surface area contributed by atoms with Crippen molar-refractivity contribution in [2.24, 2.45) is 5.92 Å². The first kappa shape index (κ1) is 14.5. The minimum absolute atomic E-state index is 0.0272. The predicted molar refractivity (Wildman–Crippen MR) is 74.8 cm³/mol. The molecule has 4 heteroatoms. The first-order chi connectivity index (χ1) is 8.60. The second-order valence-corrected chi connectivity index (χ2v) is 4.65. The highest BCUT2D eigenvalue weighted by Gasteiger charge is 2.17. The maximum atomic E-state index is 12.3. The van der Waals surface area contributed by atoms with Crippen LogP contribution in [0.1, 0.15) is 37.6 Å². The third-order valence-electron chi connectivity index (χ3n) is 3.05. The Morgan fingerprint density at radius 3 is 2.83 bits per heavy atom. The molecule has 0 aliphatic heterocycles. The van der Waals surface area contributed by atoms with E-state index in [9.17, 15) is 4.79 Å². The molecule has 1 unspecified atom stereocenters. The second-order valence-electron chi connectivity index (χ2n) is 4.65. The lowest BCUT2D eigenvalue weighted by atomic mass is 10.1. The number of hydrogen-bond acceptors (Lipinski definition) is 3. The van der Waals surface area contributed by atoms with Crippen molar-refractivity contribution in [3.8, 4) is 0 Å². The van der Waals surface area contributed by atoms with Gasteiger partial charge in [-0.2, -0.15) is 0 Å². The highest BCUT2D eigenvalue weighted by Crippen LogP contribution is 2.16. The SMILES string of the molecule is CCNc1ccncc1C(=O)N(C)CC(C)CC. The summed E-state index contributed by atoms with van der Waals surface area (Å²) in [5.74, 6) is 0.539. The lowest BCUT2D eigenvalue weighted by Gasteiger charge is -2.22. The Hall–Kier alpha value is -1.58. The standard InChI is InChI=1S/C14H23N3O/c1-5-11(3)10-17(4)14(18)12-9-15-8-7-13(12)16-6-2/h7-9,11H,5-6,10H2,1-4H3,(H,15,16). The van der Waals surface area contributed by atoms with Crippen LogP contribution in [-0.4, -0.2) is 35.9 Å². The molecule has 1 rings (SSSR count). The van der Waals surface area contributed by atoms with Gasteiger partial charge in [0.25, 0.3) is 5.91 Å². The van der Waals surface area contributed by atoms with Crippen LogP contribution in [0.15, 0.2) is 18.5 Å². The Labute approximate surface area is 109 Å². The van der Waals surface area contributed by atoms with Gasteiger partial charge in [0.15, 0.2) is 0 Å². The zero-order chi connectivity index (χ0) is 13.5. The molecule has 0 spiro atoms. The summed E-state index contributed by atoms with van der Waals surface area (Å²) in [4.78, 5) is 18.2. The van der Waals surface area contributed by atoms with Crippen LogP contribution in [0.5, 0.6) is 0 Å². The maximum Gasteiger partial charge on any atom is 0.257 e. The van der Waals surface area contributed by atoms with Crippen molar-refractivity contribution in [1.29, 1.82) is 0 Å². The van der Waals surface area contributed by atoms with Gasteiger partial charge in [-0.05, 0) is 18.9 Å². The first-order valence-electron chi connectivity index (χ1n) is 6.53. The minimum atomic E-state index is 0.0272. The van der Waals surface area contributed by atoms with Gasteiger partial charge >= 0.3 is 0 Å². The van der Waals surface area contributed by atoms with Crippen molar-refractivity contribution in [3.05, 3.63) is 24.0 Å². The van der Waals surface area contributed by atoms with Crippen LogP contribution in [0.2, 0.25) is 0 Å². The Morgan fingerprint density at radius 1 is 1.50 bits per heavy atom. The van der Waals surface area contributed by atoms with E-state index in [4.69, 9.17) is 0 Å². The van der Waals surface area contributed by atoms with Crippen LogP contribution in [0.4, 0.5) is 5.69 Å². The van der Waals surface area contributed by atoms with Gasteiger partial charge in [-0.3, -0.25) is 9.78 Å². The lowest BCUT2D eigenvalue weighted by molar-refractivity contribution is 0.0775. The molecular formula is C14H23N3O. The van der Waals surface area contributed by atoms with Crippen LogP contribution >= 0.6 is 0 Å². The summed E-state index contributed by atoms with van der Waals surface area (Å²) < 4.78 is 0. The highest BCUT2D eigenvalue weighted by molar-refractivity contribution is 5.99. The molecule has 0 saturated heterocycles. The van der Waals surface area contributed by atoms with Crippen LogP contribution in [0.3, 0.4) is 0 Å². The van der Waals surface area contributed by atoms with Crippen LogP contribution in [0.25, 0.3) is 0 Å². The Bertz CT molecular complexity index is 392. The van der Waals surface area contributed by atoms with E-state index in [1.807, 2.05) is 20.0 Å². The van der Waals surface area contributed by atoms with E-state index in [1.165, 1.54) is 0 Å². The monoisotopic (exact) mass is 249 g/mol. The Morgan fingerprint density at radius 2 is 2.22 bits per heavy atom. The number of carbonyl (C=O) groups is 1. The van der Waals surface area contributed by atoms with Crippen LogP contribution in [-0.2, 0) is 0 Å². The summed E-state index contributed by atoms with van der Waals surface area (Å²) >= 11 is 0. The van der Waals surface area contributed by atoms with Gasteiger partial charge < -0.3 is 10.2 Å². The molecule has 1 amide bonds. The Kier molecular flexibility index (Phi) is 5.62. The van der Waals surface area contributed by atoms with Crippen molar-refractivity contribution in [3.63, 3.8) is 0 Å². The average Bonchev–Trinajstić information content (AvgIpc) is 2.38. The van der Waals surface area contributed by atoms with E-state index in [0.717, 1.165) is 25.2 Å². The molecule has 0 saturated carbocycles. The van der Waals surface area contributed by atoms with Gasteiger partial charge in [-0.15, -0.1) is 0 Å². The number of amides is 1. The third-order valence-corrected chi connectivity index (χ3v) is 3.05. The molecule has 100 valence electrons. The highest BCUT2D eigenvalue weighted by atomic mass is 16.2. The number of aromatic nitrogens is 1. The van der Waals surface area contributed by atoms with E-state index in [0.29, 0.717) is 11.5 Å². The van der Waals surface area contributed by atoms with E-state index >= 15 is 0 Å². The first-order valence-corrected chi connectivity index (χ1v) is 6.53. The molecule has 0 aliphatic carbocycles. The normalized spacial score (nSPS) is 12.0. The van der Waals surface area contributed by atoms with Crippen molar-refractivity contribution < 1.29 is 4.79 Å². The van der Waals surface area contributed by atoms with E-state index < -0.39 is 0 Å². The number of carbonyl (C=O) groups excluding carboxylic acids is 1. The molecule has 0 fully saturated rings. The molecule has 4 nitrogen and oxygen atoms in total. The van der Waals surface area contributed by atoms with Gasteiger partial charge in [0.1, 0.15) is 0 Å². The molecule has 1 heterocycles. The number of nitrogens with one attached hydrogen (secondary N) is 1. The molecule has 18 heavy (non-hydrogen) atoms. The number of nitrogens with zero attached hydrogens (tertiary/aromatic N) is 2. The van der Waals surface area contributed by atoms with Crippen molar-refractivity contribution in [2.45, 2.75) is 27.2 Å². The predicted octanol–water partition coefficient (Wildman–Crippen LogP) is 2.63. The summed E-state index contributed by atoms with van der Waals surface area (Å²) in [6.07, 6.45) is 4.40. The fourth-order valence-corrected chi connectivity index (χ4v) is 1.79. The van der Waals surface area contributed by atoms with E-state index in [-0.39, 0.29) is 5.91 Å². The molecule has 0 aromatic carbocycles. The summed E-state index contributed by atoms with van der Waals surface area (Å²) in [6.45, 7) is 7.86. The minimum Gasteiger partial charge on any atom is -0.385 e. The van der Waals surface area contributed by atoms with E-state index in [2.05, 4.69) is 24.1 Å². The van der Waals surface area contributed by atoms with Crippen LogP contribution < -0.4 is 5.32 Å². The smallest absolute Gasteiger partial charge is 0.257 e. The molecule has 1 atom stereocenters. The number of rotatable bonds is 6. The topological polar surface area (TPSA) is 45.2 Å². The van der Waals surface area contributed by atoms with Crippen molar-refractivity contribution >= 4 is 11.6 Å². The molecule has 1 aromatic heterocycles. The maximum absolute atomic E-state index is 12.3. The van der Waals surface area contributed by atoms with Gasteiger partial charge in [-0.1, -0.05) is 20.3 Å².